The molecule has 0 aliphatic carbocycles. The van der Waals surface area contributed by atoms with Crippen LogP contribution in [0, 0.1) is 0 Å². The standard InChI is InChI=1S/C22H19ClN.HI/c23-20-12-11-18-13-14-24(16-17-7-3-1-4-8-17)22(21(18)15-20)19-9-5-2-6-10-19;/h1-12,15H,13-14,16H2;1H/q+1;/p-1. The Morgan fingerprint density at radius 1 is 0.840 bits per heavy atom. The summed E-state index contributed by atoms with van der Waals surface area (Å²) in [5, 5.41) is 0.795. The Hall–Kier alpha value is -1.65. The molecule has 25 heavy (non-hydrogen) atoms. The molecule has 0 bridgehead atoms. The van der Waals surface area contributed by atoms with Crippen molar-refractivity contribution in [2.75, 3.05) is 6.54 Å². The van der Waals surface area contributed by atoms with E-state index in [9.17, 15) is 0 Å². The summed E-state index contributed by atoms with van der Waals surface area (Å²) in [5.41, 5.74) is 6.50. The maximum atomic E-state index is 6.31. The van der Waals surface area contributed by atoms with Gasteiger partial charge in [0, 0.05) is 22.6 Å². The smallest absolute Gasteiger partial charge is 0.215 e. The lowest BCUT2D eigenvalue weighted by Gasteiger charge is -2.19. The molecule has 0 saturated heterocycles. The molecule has 1 aliphatic heterocycles. The van der Waals surface area contributed by atoms with Crippen molar-refractivity contribution in [3.8, 4) is 0 Å². The predicted molar refractivity (Wildman–Crippen MR) is 100 cm³/mol. The van der Waals surface area contributed by atoms with Crippen molar-refractivity contribution < 1.29 is 28.6 Å². The van der Waals surface area contributed by atoms with E-state index >= 15 is 0 Å². The summed E-state index contributed by atoms with van der Waals surface area (Å²) in [7, 11) is 0. The lowest BCUT2D eigenvalue weighted by Crippen LogP contribution is -3.00. The summed E-state index contributed by atoms with van der Waals surface area (Å²) in [5.74, 6) is 0. The summed E-state index contributed by atoms with van der Waals surface area (Å²) >= 11 is 6.31. The zero-order valence-corrected chi connectivity index (χ0v) is 16.7. The first-order valence-electron chi connectivity index (χ1n) is 8.31. The number of hydrogen-bond acceptors (Lipinski definition) is 0. The molecule has 0 radical (unpaired) electrons. The maximum Gasteiger partial charge on any atom is 0.215 e. The molecule has 0 spiro atoms. The second-order valence-corrected chi connectivity index (χ2v) is 6.61. The van der Waals surface area contributed by atoms with Crippen molar-refractivity contribution in [1.82, 2.24) is 0 Å². The Morgan fingerprint density at radius 3 is 2.24 bits per heavy atom. The van der Waals surface area contributed by atoms with Gasteiger partial charge in [-0.1, -0.05) is 66.2 Å². The molecule has 1 nitrogen and oxygen atoms in total. The van der Waals surface area contributed by atoms with Gasteiger partial charge in [0.05, 0.1) is 5.56 Å². The fourth-order valence-electron chi connectivity index (χ4n) is 3.42. The van der Waals surface area contributed by atoms with Crippen molar-refractivity contribution in [3.05, 3.63) is 106 Å². The van der Waals surface area contributed by atoms with Crippen LogP contribution in [0.15, 0.2) is 78.9 Å². The van der Waals surface area contributed by atoms with Gasteiger partial charge >= 0.3 is 0 Å². The number of nitrogens with zero attached hydrogens (tertiary/aromatic N) is 1. The van der Waals surface area contributed by atoms with Crippen LogP contribution in [0.2, 0.25) is 5.02 Å². The molecule has 3 heteroatoms. The molecule has 0 amide bonds. The Kier molecular flexibility index (Phi) is 5.92. The van der Waals surface area contributed by atoms with Gasteiger partial charge in [-0.05, 0) is 29.8 Å². The van der Waals surface area contributed by atoms with E-state index in [0.29, 0.717) is 0 Å². The van der Waals surface area contributed by atoms with E-state index in [4.69, 9.17) is 11.6 Å². The minimum Gasteiger partial charge on any atom is -1.00 e. The predicted octanol–water partition coefficient (Wildman–Crippen LogP) is 1.95. The highest BCUT2D eigenvalue weighted by atomic mass is 127. The van der Waals surface area contributed by atoms with Gasteiger partial charge in [-0.25, -0.2) is 4.58 Å². The van der Waals surface area contributed by atoms with Crippen molar-refractivity contribution in [2.45, 2.75) is 13.0 Å². The topological polar surface area (TPSA) is 3.01 Å². The number of rotatable bonds is 3. The first kappa shape index (κ1) is 18.2. The normalized spacial score (nSPS) is 13.2. The van der Waals surface area contributed by atoms with Crippen LogP contribution in [0.4, 0.5) is 0 Å². The third kappa shape index (κ3) is 3.96. The van der Waals surface area contributed by atoms with Crippen molar-refractivity contribution in [1.29, 1.82) is 0 Å². The monoisotopic (exact) mass is 459 g/mol. The highest BCUT2D eigenvalue weighted by Crippen LogP contribution is 2.24. The first-order valence-corrected chi connectivity index (χ1v) is 8.69. The molecule has 1 heterocycles. The Bertz CT molecular complexity index is 888. The number of halogens is 2. The van der Waals surface area contributed by atoms with Gasteiger partial charge in [0.2, 0.25) is 5.71 Å². The van der Waals surface area contributed by atoms with E-state index in [2.05, 4.69) is 77.4 Å². The van der Waals surface area contributed by atoms with E-state index in [0.717, 1.165) is 24.5 Å². The van der Waals surface area contributed by atoms with E-state index in [1.54, 1.807) is 0 Å². The maximum absolute atomic E-state index is 6.31. The second kappa shape index (κ2) is 8.15. The van der Waals surface area contributed by atoms with E-state index in [1.165, 1.54) is 28.0 Å². The van der Waals surface area contributed by atoms with E-state index < -0.39 is 0 Å². The van der Waals surface area contributed by atoms with Crippen LogP contribution in [0.1, 0.15) is 22.3 Å². The SMILES string of the molecule is Clc1ccc2c(c1)C(c1ccccc1)=[N+](Cc1ccccc1)CC2.[I-]. The lowest BCUT2D eigenvalue weighted by atomic mass is 9.92. The van der Waals surface area contributed by atoms with Gasteiger partial charge in [-0.15, -0.1) is 0 Å². The second-order valence-electron chi connectivity index (χ2n) is 6.17. The minimum atomic E-state index is 0. The molecular weight excluding hydrogens is 441 g/mol. The third-order valence-electron chi connectivity index (χ3n) is 4.56. The van der Waals surface area contributed by atoms with Gasteiger partial charge < -0.3 is 24.0 Å². The van der Waals surface area contributed by atoms with Crippen LogP contribution in [0.3, 0.4) is 0 Å². The molecule has 4 rings (SSSR count). The highest BCUT2D eigenvalue weighted by Gasteiger charge is 2.27. The van der Waals surface area contributed by atoms with Gasteiger partial charge in [-0.2, -0.15) is 0 Å². The molecule has 0 fully saturated rings. The Labute approximate surface area is 171 Å². The minimum absolute atomic E-state index is 0. The molecule has 1 aliphatic rings. The van der Waals surface area contributed by atoms with Gasteiger partial charge in [0.1, 0.15) is 6.54 Å². The number of hydrogen-bond donors (Lipinski definition) is 0. The number of fused-ring (bicyclic) bond motifs is 1. The number of benzene rings is 3. The van der Waals surface area contributed by atoms with Crippen molar-refractivity contribution in [3.63, 3.8) is 0 Å². The van der Waals surface area contributed by atoms with Crippen molar-refractivity contribution in [2.24, 2.45) is 0 Å². The fourth-order valence-corrected chi connectivity index (χ4v) is 3.59. The Morgan fingerprint density at radius 2 is 1.52 bits per heavy atom. The first-order chi connectivity index (χ1) is 11.8. The molecule has 0 N–H and O–H groups in total. The summed E-state index contributed by atoms with van der Waals surface area (Å²) < 4.78 is 2.48. The van der Waals surface area contributed by atoms with Crippen LogP contribution in [-0.4, -0.2) is 16.8 Å². The summed E-state index contributed by atoms with van der Waals surface area (Å²) in [4.78, 5) is 0. The molecular formula is C22H19ClIN. The summed E-state index contributed by atoms with van der Waals surface area (Å²) in [6, 6.07) is 27.6. The van der Waals surface area contributed by atoms with Crippen molar-refractivity contribution >= 4 is 17.3 Å². The van der Waals surface area contributed by atoms with E-state index in [-0.39, 0.29) is 24.0 Å². The quantitative estimate of drug-likeness (QED) is 0.416. The molecule has 0 unspecified atom stereocenters. The van der Waals surface area contributed by atoms with Crippen LogP contribution in [0.25, 0.3) is 0 Å². The zero-order valence-electron chi connectivity index (χ0n) is 13.8. The largest absolute Gasteiger partial charge is 1.00 e. The third-order valence-corrected chi connectivity index (χ3v) is 4.79. The molecule has 3 aromatic rings. The van der Waals surface area contributed by atoms with Crippen LogP contribution < -0.4 is 24.0 Å². The molecule has 126 valence electrons. The lowest BCUT2D eigenvalue weighted by molar-refractivity contribution is -0.544. The highest BCUT2D eigenvalue weighted by molar-refractivity contribution is 6.31. The van der Waals surface area contributed by atoms with Gasteiger partial charge in [0.25, 0.3) is 0 Å². The molecule has 0 atom stereocenters. The van der Waals surface area contributed by atoms with Crippen LogP contribution in [0.5, 0.6) is 0 Å². The Balaban J connectivity index is 0.00000182. The molecule has 0 saturated carbocycles. The molecule has 3 aromatic carbocycles. The summed E-state index contributed by atoms with van der Waals surface area (Å²) in [6.45, 7) is 1.94. The van der Waals surface area contributed by atoms with Gasteiger partial charge in [-0.3, -0.25) is 0 Å². The summed E-state index contributed by atoms with van der Waals surface area (Å²) in [6.07, 6.45) is 1.05. The average Bonchev–Trinajstić information content (AvgIpc) is 2.63. The fraction of sp³-hybridized carbons (Fsp3) is 0.136. The van der Waals surface area contributed by atoms with Gasteiger partial charge in [0.15, 0.2) is 6.54 Å². The average molecular weight is 460 g/mol. The molecule has 0 aromatic heterocycles. The van der Waals surface area contributed by atoms with Crippen LogP contribution in [-0.2, 0) is 13.0 Å². The zero-order chi connectivity index (χ0) is 16.4. The van der Waals surface area contributed by atoms with Crippen LogP contribution >= 0.6 is 11.6 Å². The van der Waals surface area contributed by atoms with E-state index in [1.807, 2.05) is 6.07 Å².